The van der Waals surface area contributed by atoms with Crippen molar-refractivity contribution in [3.63, 3.8) is 0 Å². The molecule has 0 spiro atoms. The molecule has 0 aromatic rings. The summed E-state index contributed by atoms with van der Waals surface area (Å²) in [5.74, 6) is 0.564. The van der Waals surface area contributed by atoms with E-state index in [1.165, 1.54) is 0 Å². The molecule has 1 aliphatic heterocycles. The van der Waals surface area contributed by atoms with Crippen molar-refractivity contribution in [2.45, 2.75) is 46.7 Å². The first-order valence-corrected chi connectivity index (χ1v) is 6.80. The van der Waals surface area contributed by atoms with Crippen molar-refractivity contribution in [1.29, 1.82) is 0 Å². The molecule has 0 saturated carbocycles. The second kappa shape index (κ2) is 6.24. The van der Waals surface area contributed by atoms with Crippen LogP contribution in [0.5, 0.6) is 0 Å². The van der Waals surface area contributed by atoms with E-state index < -0.39 is 0 Å². The molecule has 0 aromatic carbocycles. The lowest BCUT2D eigenvalue weighted by atomic mass is 10.00. The van der Waals surface area contributed by atoms with Gasteiger partial charge in [0.1, 0.15) is 0 Å². The van der Waals surface area contributed by atoms with Crippen molar-refractivity contribution >= 4 is 6.03 Å². The monoisotopic (exact) mass is 241 g/mol. The topological polar surface area (TPSA) is 35.6 Å². The van der Waals surface area contributed by atoms with E-state index in [4.69, 9.17) is 0 Å². The van der Waals surface area contributed by atoms with Crippen LogP contribution in [0.15, 0.2) is 0 Å². The summed E-state index contributed by atoms with van der Waals surface area (Å²) >= 11 is 0. The molecule has 1 aliphatic rings. The highest BCUT2D eigenvalue weighted by atomic mass is 16.2. The molecular weight excluding hydrogens is 214 g/mol. The van der Waals surface area contributed by atoms with Gasteiger partial charge in [-0.05, 0) is 26.7 Å². The van der Waals surface area contributed by atoms with Gasteiger partial charge < -0.3 is 15.1 Å². The van der Waals surface area contributed by atoms with E-state index in [-0.39, 0.29) is 12.1 Å². The maximum Gasteiger partial charge on any atom is 0.320 e. The Balaban J connectivity index is 2.69. The van der Waals surface area contributed by atoms with Gasteiger partial charge in [-0.1, -0.05) is 13.8 Å². The average Bonchev–Trinajstić information content (AvgIpc) is 2.30. The van der Waals surface area contributed by atoms with Gasteiger partial charge in [0.25, 0.3) is 0 Å². The fourth-order valence-electron chi connectivity index (χ4n) is 2.28. The lowest BCUT2D eigenvalue weighted by Crippen LogP contribution is -2.61. The molecule has 2 atom stereocenters. The number of nitrogens with zero attached hydrogens (tertiary/aromatic N) is 2. The van der Waals surface area contributed by atoms with Crippen LogP contribution in [0.3, 0.4) is 0 Å². The van der Waals surface area contributed by atoms with E-state index in [1.54, 1.807) is 0 Å². The maximum atomic E-state index is 12.4. The van der Waals surface area contributed by atoms with Crippen LogP contribution in [-0.4, -0.2) is 54.1 Å². The number of piperazine rings is 1. The summed E-state index contributed by atoms with van der Waals surface area (Å²) in [7, 11) is 0. The van der Waals surface area contributed by atoms with Crippen LogP contribution in [-0.2, 0) is 0 Å². The Kier molecular flexibility index (Phi) is 5.25. The van der Waals surface area contributed by atoms with Crippen LogP contribution in [0, 0.1) is 5.92 Å². The molecule has 1 fully saturated rings. The number of urea groups is 1. The van der Waals surface area contributed by atoms with Crippen LogP contribution in [0.2, 0.25) is 0 Å². The number of hydrogen-bond donors (Lipinski definition) is 1. The van der Waals surface area contributed by atoms with Crippen molar-refractivity contribution in [3.05, 3.63) is 0 Å². The van der Waals surface area contributed by atoms with Gasteiger partial charge >= 0.3 is 6.03 Å². The molecule has 1 heterocycles. The molecule has 17 heavy (non-hydrogen) atoms. The minimum absolute atomic E-state index is 0.189. The number of nitrogens with one attached hydrogen (secondary N) is 1. The second-order valence-electron chi connectivity index (χ2n) is 5.22. The molecule has 2 unspecified atom stereocenters. The standard InChI is InChI=1S/C13H27N3O/c1-6-15(7-2)13(17)16-9-12(10(3)4)14-8-11(16)5/h10-12,14H,6-9H2,1-5H3. The summed E-state index contributed by atoms with van der Waals surface area (Å²) in [6, 6.07) is 0.901. The number of hydrogen-bond acceptors (Lipinski definition) is 2. The third-order valence-corrected chi connectivity index (χ3v) is 3.69. The van der Waals surface area contributed by atoms with Crippen LogP contribution >= 0.6 is 0 Å². The summed E-state index contributed by atoms with van der Waals surface area (Å²) in [6.07, 6.45) is 0. The Hall–Kier alpha value is -0.770. The van der Waals surface area contributed by atoms with Gasteiger partial charge in [0.15, 0.2) is 0 Å². The van der Waals surface area contributed by atoms with E-state index in [1.807, 2.05) is 23.6 Å². The molecule has 100 valence electrons. The number of carbonyl (C=O) groups is 1. The number of rotatable bonds is 3. The fourth-order valence-corrected chi connectivity index (χ4v) is 2.28. The predicted molar refractivity (Wildman–Crippen MR) is 71.1 cm³/mol. The second-order valence-corrected chi connectivity index (χ2v) is 5.22. The molecule has 0 aliphatic carbocycles. The first-order chi connectivity index (χ1) is 8.01. The largest absolute Gasteiger partial charge is 0.325 e. The van der Waals surface area contributed by atoms with Crippen LogP contribution in [0.25, 0.3) is 0 Å². The SMILES string of the molecule is CCN(CC)C(=O)N1CC(C(C)C)NCC1C. The Labute approximate surface area is 105 Å². The summed E-state index contributed by atoms with van der Waals surface area (Å²) in [6.45, 7) is 13.9. The molecule has 1 rings (SSSR count). The molecular formula is C13H27N3O. The first-order valence-electron chi connectivity index (χ1n) is 6.80. The van der Waals surface area contributed by atoms with Gasteiger partial charge in [-0.2, -0.15) is 0 Å². The van der Waals surface area contributed by atoms with E-state index in [9.17, 15) is 4.79 Å². The zero-order valence-corrected chi connectivity index (χ0v) is 11.9. The zero-order chi connectivity index (χ0) is 13.0. The molecule has 0 radical (unpaired) electrons. The van der Waals surface area contributed by atoms with Crippen LogP contribution in [0.4, 0.5) is 4.79 Å². The molecule has 4 nitrogen and oxygen atoms in total. The van der Waals surface area contributed by atoms with Crippen molar-refractivity contribution < 1.29 is 4.79 Å². The molecule has 1 saturated heterocycles. The highest BCUT2D eigenvalue weighted by molar-refractivity contribution is 5.75. The zero-order valence-electron chi connectivity index (χ0n) is 11.9. The van der Waals surface area contributed by atoms with E-state index in [2.05, 4.69) is 26.1 Å². The minimum Gasteiger partial charge on any atom is -0.325 e. The van der Waals surface area contributed by atoms with Crippen LogP contribution in [0.1, 0.15) is 34.6 Å². The minimum atomic E-state index is 0.189. The van der Waals surface area contributed by atoms with Gasteiger partial charge in [0, 0.05) is 38.3 Å². The fraction of sp³-hybridized carbons (Fsp3) is 0.923. The predicted octanol–water partition coefficient (Wildman–Crippen LogP) is 1.77. The molecule has 0 bridgehead atoms. The Morgan fingerprint density at radius 2 is 2.00 bits per heavy atom. The first kappa shape index (κ1) is 14.3. The normalized spacial score (nSPS) is 25.2. The number of carbonyl (C=O) groups excluding carboxylic acids is 1. The summed E-state index contributed by atoms with van der Waals surface area (Å²) in [4.78, 5) is 16.3. The van der Waals surface area contributed by atoms with Crippen LogP contribution < -0.4 is 5.32 Å². The van der Waals surface area contributed by atoms with Gasteiger partial charge in [0.05, 0.1) is 0 Å². The van der Waals surface area contributed by atoms with Gasteiger partial charge in [-0.25, -0.2) is 4.79 Å². The maximum absolute atomic E-state index is 12.4. The molecule has 1 N–H and O–H groups in total. The summed E-state index contributed by atoms with van der Waals surface area (Å²) in [5.41, 5.74) is 0. The lowest BCUT2D eigenvalue weighted by Gasteiger charge is -2.42. The Morgan fingerprint density at radius 1 is 1.41 bits per heavy atom. The molecule has 0 aromatic heterocycles. The van der Waals surface area contributed by atoms with Gasteiger partial charge in [-0.15, -0.1) is 0 Å². The Bertz CT molecular complexity index is 251. The van der Waals surface area contributed by atoms with Crippen molar-refractivity contribution in [2.75, 3.05) is 26.2 Å². The number of amides is 2. The van der Waals surface area contributed by atoms with E-state index >= 15 is 0 Å². The lowest BCUT2D eigenvalue weighted by molar-refractivity contribution is 0.107. The van der Waals surface area contributed by atoms with Gasteiger partial charge in [0.2, 0.25) is 0 Å². The highest BCUT2D eigenvalue weighted by Crippen LogP contribution is 2.14. The highest BCUT2D eigenvalue weighted by Gasteiger charge is 2.31. The Morgan fingerprint density at radius 3 is 2.47 bits per heavy atom. The third-order valence-electron chi connectivity index (χ3n) is 3.69. The van der Waals surface area contributed by atoms with E-state index in [0.717, 1.165) is 26.2 Å². The average molecular weight is 241 g/mol. The molecule has 4 heteroatoms. The third kappa shape index (κ3) is 3.35. The van der Waals surface area contributed by atoms with Crippen molar-refractivity contribution in [2.24, 2.45) is 5.92 Å². The molecule has 2 amide bonds. The van der Waals surface area contributed by atoms with Gasteiger partial charge in [-0.3, -0.25) is 0 Å². The quantitative estimate of drug-likeness (QED) is 0.817. The van der Waals surface area contributed by atoms with Crippen molar-refractivity contribution in [3.8, 4) is 0 Å². The van der Waals surface area contributed by atoms with Crippen molar-refractivity contribution in [1.82, 2.24) is 15.1 Å². The summed E-state index contributed by atoms with van der Waals surface area (Å²) in [5, 5.41) is 3.52. The van der Waals surface area contributed by atoms with E-state index in [0.29, 0.717) is 12.0 Å². The smallest absolute Gasteiger partial charge is 0.320 e. The summed E-state index contributed by atoms with van der Waals surface area (Å²) < 4.78 is 0.